The van der Waals surface area contributed by atoms with Gasteiger partial charge in [0.25, 0.3) is 5.91 Å². The summed E-state index contributed by atoms with van der Waals surface area (Å²) in [4.78, 5) is 25.3. The smallest absolute Gasteiger partial charge is 0.346 e. The first kappa shape index (κ1) is 15.7. The third kappa shape index (κ3) is 3.84. The number of methoxy groups -OCH3 is 1. The lowest BCUT2D eigenvalue weighted by Gasteiger charge is -2.11. The number of carbonyl (C=O) groups excluding carboxylic acids is 2. The van der Waals surface area contributed by atoms with Gasteiger partial charge in [0.2, 0.25) is 0 Å². The van der Waals surface area contributed by atoms with E-state index in [0.717, 1.165) is 5.57 Å². The number of amides is 1. The Bertz CT molecular complexity index is 589. The van der Waals surface area contributed by atoms with Crippen molar-refractivity contribution in [3.05, 3.63) is 46.7 Å². The van der Waals surface area contributed by atoms with Crippen LogP contribution >= 0.6 is 0 Å². The Hall–Kier alpha value is -2.32. The van der Waals surface area contributed by atoms with Crippen LogP contribution in [0.5, 0.6) is 0 Å². The Balaban J connectivity index is 3.38. The minimum atomic E-state index is -0.472. The van der Waals surface area contributed by atoms with Crippen LogP contribution in [-0.4, -0.2) is 38.0 Å². The van der Waals surface area contributed by atoms with Gasteiger partial charge in [-0.2, -0.15) is 0 Å². The summed E-state index contributed by atoms with van der Waals surface area (Å²) < 4.78 is 4.77. The van der Waals surface area contributed by atoms with Crippen molar-refractivity contribution in [2.24, 2.45) is 0 Å². The highest BCUT2D eigenvalue weighted by atomic mass is 16.5. The number of nitrogens with zero attached hydrogens (tertiary/aromatic N) is 1. The lowest BCUT2D eigenvalue weighted by molar-refractivity contribution is -0.133. The van der Waals surface area contributed by atoms with Crippen LogP contribution in [0.2, 0.25) is 0 Å². The van der Waals surface area contributed by atoms with Gasteiger partial charge >= 0.3 is 5.97 Å². The third-order valence-electron chi connectivity index (χ3n) is 2.57. The number of esters is 1. The highest BCUT2D eigenvalue weighted by Crippen LogP contribution is 2.18. The van der Waals surface area contributed by atoms with E-state index < -0.39 is 5.97 Å². The molecule has 4 heteroatoms. The maximum Gasteiger partial charge on any atom is 0.346 e. The summed E-state index contributed by atoms with van der Waals surface area (Å²) in [5.41, 5.74) is 5.29. The van der Waals surface area contributed by atoms with E-state index in [1.54, 1.807) is 38.4 Å². The van der Waals surface area contributed by atoms with Crippen LogP contribution < -0.4 is 0 Å². The zero-order chi connectivity index (χ0) is 15.3. The predicted octanol–water partition coefficient (Wildman–Crippen LogP) is 2.51. The fourth-order valence-electron chi connectivity index (χ4n) is 1.66. The monoisotopic (exact) mass is 273 g/mol. The van der Waals surface area contributed by atoms with E-state index in [9.17, 15) is 9.59 Å². The van der Waals surface area contributed by atoms with E-state index in [2.05, 4.69) is 5.73 Å². The predicted molar refractivity (Wildman–Crippen MR) is 78.3 cm³/mol. The second-order valence-electron chi connectivity index (χ2n) is 4.77. The summed E-state index contributed by atoms with van der Waals surface area (Å²) in [6.45, 7) is 3.69. The normalized spacial score (nSPS) is 9.45. The lowest BCUT2D eigenvalue weighted by atomic mass is 10.0. The molecule has 106 valence electrons. The molecule has 1 rings (SSSR count). The van der Waals surface area contributed by atoms with Gasteiger partial charge in [-0.25, -0.2) is 4.79 Å². The molecule has 0 aliphatic heterocycles. The Morgan fingerprint density at radius 1 is 1.15 bits per heavy atom. The van der Waals surface area contributed by atoms with Gasteiger partial charge in [-0.15, -0.1) is 5.73 Å². The van der Waals surface area contributed by atoms with Gasteiger partial charge in [0.15, 0.2) is 0 Å². The van der Waals surface area contributed by atoms with Gasteiger partial charge in [0, 0.05) is 19.7 Å². The van der Waals surface area contributed by atoms with Crippen molar-refractivity contribution in [3.63, 3.8) is 0 Å². The number of benzene rings is 1. The van der Waals surface area contributed by atoms with Crippen molar-refractivity contribution < 1.29 is 14.3 Å². The molecule has 0 bridgehead atoms. The van der Waals surface area contributed by atoms with E-state index in [1.807, 2.05) is 13.8 Å². The molecule has 0 aliphatic rings. The summed E-state index contributed by atoms with van der Waals surface area (Å²) in [7, 11) is 4.69. The van der Waals surface area contributed by atoms with Crippen molar-refractivity contribution in [1.82, 2.24) is 4.90 Å². The maximum absolute atomic E-state index is 12.0. The molecule has 0 fully saturated rings. The lowest BCUT2D eigenvalue weighted by Crippen LogP contribution is -2.21. The Kier molecular flexibility index (Phi) is 5.30. The molecule has 1 aromatic carbocycles. The van der Waals surface area contributed by atoms with Gasteiger partial charge in [0.1, 0.15) is 5.57 Å². The van der Waals surface area contributed by atoms with Crippen molar-refractivity contribution in [3.8, 4) is 0 Å². The molecule has 0 radical (unpaired) electrons. The number of carbonyl (C=O) groups is 2. The van der Waals surface area contributed by atoms with Crippen LogP contribution in [0.3, 0.4) is 0 Å². The summed E-state index contributed by atoms with van der Waals surface area (Å²) in [6, 6.07) is 6.88. The largest absolute Gasteiger partial charge is 0.465 e. The minimum absolute atomic E-state index is 0.117. The van der Waals surface area contributed by atoms with Crippen molar-refractivity contribution in [2.75, 3.05) is 21.2 Å². The standard InChI is InChI=1S/C16H19NO3/c1-11(2)9-14(16(19)20-5)12-7-6-8-13(10-12)15(18)17(3)4/h6-8,10H,1-5H3. The van der Waals surface area contributed by atoms with Gasteiger partial charge in [-0.05, 0) is 37.1 Å². The molecule has 0 unspecified atom stereocenters. The molecule has 0 N–H and O–H groups in total. The molecule has 0 aromatic heterocycles. The molecule has 0 atom stereocenters. The van der Waals surface area contributed by atoms with E-state index in [4.69, 9.17) is 4.74 Å². The first-order valence-corrected chi connectivity index (χ1v) is 6.21. The number of hydrogen-bond donors (Lipinski definition) is 0. The van der Waals surface area contributed by atoms with Gasteiger partial charge in [-0.1, -0.05) is 12.1 Å². The van der Waals surface area contributed by atoms with Crippen molar-refractivity contribution >= 4 is 17.4 Å². The molecule has 0 saturated carbocycles. The summed E-state index contributed by atoms with van der Waals surface area (Å²) in [6.07, 6.45) is 0. The van der Waals surface area contributed by atoms with E-state index in [-0.39, 0.29) is 5.91 Å². The summed E-state index contributed by atoms with van der Waals surface area (Å²) >= 11 is 0. The molecular formula is C16H19NO3. The van der Waals surface area contributed by atoms with E-state index in [1.165, 1.54) is 12.0 Å². The second-order valence-corrected chi connectivity index (χ2v) is 4.77. The highest BCUT2D eigenvalue weighted by molar-refractivity contribution is 6.16. The summed E-state index contributed by atoms with van der Waals surface area (Å²) in [5, 5.41) is 0. The van der Waals surface area contributed by atoms with Crippen LogP contribution in [0.4, 0.5) is 0 Å². The van der Waals surface area contributed by atoms with E-state index >= 15 is 0 Å². The molecule has 0 aliphatic carbocycles. The van der Waals surface area contributed by atoms with Gasteiger partial charge in [0.05, 0.1) is 7.11 Å². The van der Waals surface area contributed by atoms with Crippen LogP contribution in [0.25, 0.3) is 5.57 Å². The zero-order valence-electron chi connectivity index (χ0n) is 12.5. The fraction of sp³-hybridized carbons (Fsp3) is 0.312. The average molecular weight is 273 g/mol. The molecule has 4 nitrogen and oxygen atoms in total. The van der Waals surface area contributed by atoms with Crippen LogP contribution in [0, 0.1) is 0 Å². The highest BCUT2D eigenvalue weighted by Gasteiger charge is 2.15. The zero-order valence-corrected chi connectivity index (χ0v) is 12.5. The van der Waals surface area contributed by atoms with E-state index in [0.29, 0.717) is 16.7 Å². The molecule has 1 amide bonds. The van der Waals surface area contributed by atoms with Crippen LogP contribution in [0.1, 0.15) is 29.8 Å². The topological polar surface area (TPSA) is 46.6 Å². The maximum atomic E-state index is 12.0. The Labute approximate surface area is 119 Å². The molecule has 1 aromatic rings. The quantitative estimate of drug-likeness (QED) is 0.483. The molecule has 0 heterocycles. The van der Waals surface area contributed by atoms with Gasteiger partial charge < -0.3 is 9.64 Å². The number of ether oxygens (including phenoxy) is 1. The third-order valence-corrected chi connectivity index (χ3v) is 2.57. The molecule has 0 saturated heterocycles. The molecular weight excluding hydrogens is 254 g/mol. The van der Waals surface area contributed by atoms with Gasteiger partial charge in [-0.3, -0.25) is 4.79 Å². The average Bonchev–Trinajstić information content (AvgIpc) is 2.42. The Morgan fingerprint density at radius 3 is 2.25 bits per heavy atom. The second kappa shape index (κ2) is 6.73. The SMILES string of the molecule is COC(=O)C(=C=C(C)C)c1cccc(C(=O)N(C)C)c1. The van der Waals surface area contributed by atoms with Crippen LogP contribution in [-0.2, 0) is 9.53 Å². The van der Waals surface area contributed by atoms with Crippen molar-refractivity contribution in [2.45, 2.75) is 13.8 Å². The fourth-order valence-corrected chi connectivity index (χ4v) is 1.66. The first-order chi connectivity index (χ1) is 9.36. The molecule has 20 heavy (non-hydrogen) atoms. The summed E-state index contributed by atoms with van der Waals surface area (Å²) in [5.74, 6) is -0.589. The molecule has 0 spiro atoms. The number of rotatable bonds is 3. The minimum Gasteiger partial charge on any atom is -0.465 e. The Morgan fingerprint density at radius 2 is 1.75 bits per heavy atom. The van der Waals surface area contributed by atoms with Crippen molar-refractivity contribution in [1.29, 1.82) is 0 Å². The van der Waals surface area contributed by atoms with Crippen LogP contribution in [0.15, 0.2) is 35.6 Å². The number of hydrogen-bond acceptors (Lipinski definition) is 3. The first-order valence-electron chi connectivity index (χ1n) is 6.21.